The van der Waals surface area contributed by atoms with E-state index in [9.17, 15) is 0 Å². The van der Waals surface area contributed by atoms with Crippen molar-refractivity contribution in [2.45, 2.75) is 83.7 Å². The van der Waals surface area contributed by atoms with Crippen molar-refractivity contribution in [1.29, 1.82) is 0 Å². The summed E-state index contributed by atoms with van der Waals surface area (Å²) in [7, 11) is -0.0110. The number of hydrogen-bond donors (Lipinski definition) is 0. The lowest BCUT2D eigenvalue weighted by atomic mass is 9.62. The minimum atomic E-state index is -0.180. The third kappa shape index (κ3) is 2.55. The summed E-state index contributed by atoms with van der Waals surface area (Å²) in [5.74, 6) is 1.31. The average molecular weight is 238 g/mol. The van der Waals surface area contributed by atoms with Crippen LogP contribution in [0.15, 0.2) is 0 Å². The maximum Gasteiger partial charge on any atom is 0.461 e. The van der Waals surface area contributed by atoms with E-state index in [1.807, 2.05) is 0 Å². The predicted octanol–water partition coefficient (Wildman–Crippen LogP) is 4.05. The van der Waals surface area contributed by atoms with E-state index < -0.39 is 0 Å². The van der Waals surface area contributed by atoms with Crippen molar-refractivity contribution in [1.82, 2.24) is 0 Å². The van der Waals surface area contributed by atoms with Gasteiger partial charge < -0.3 is 9.31 Å². The van der Waals surface area contributed by atoms with Crippen LogP contribution in [-0.2, 0) is 9.31 Å². The van der Waals surface area contributed by atoms with Crippen LogP contribution in [0.1, 0.15) is 66.7 Å². The standard InChI is InChI=1S/C14H27BO2/c1-11(12-9-7-6-8-10-12)15-16-13(2,3)14(4,5)17-15/h11-12H,6-10H2,1-5H3/t11-/m1/s1. The molecule has 1 atom stereocenters. The van der Waals surface area contributed by atoms with Crippen LogP contribution >= 0.6 is 0 Å². The predicted molar refractivity (Wildman–Crippen MR) is 72.1 cm³/mol. The molecule has 1 saturated carbocycles. The fourth-order valence-corrected chi connectivity index (χ4v) is 2.99. The molecule has 2 aliphatic rings. The Kier molecular flexibility index (Phi) is 3.62. The summed E-state index contributed by atoms with van der Waals surface area (Å²) in [6, 6.07) is 0. The summed E-state index contributed by atoms with van der Waals surface area (Å²) in [6.45, 7) is 10.9. The van der Waals surface area contributed by atoms with E-state index in [1.165, 1.54) is 32.1 Å². The minimum absolute atomic E-state index is 0.0110. The first-order chi connectivity index (χ1) is 7.83. The second kappa shape index (κ2) is 4.58. The molecular formula is C14H27BO2. The summed E-state index contributed by atoms with van der Waals surface area (Å²) in [6.07, 6.45) is 6.88. The lowest BCUT2D eigenvalue weighted by molar-refractivity contribution is 0.00578. The number of hydrogen-bond acceptors (Lipinski definition) is 2. The van der Waals surface area contributed by atoms with E-state index in [2.05, 4.69) is 34.6 Å². The van der Waals surface area contributed by atoms with Crippen LogP contribution in [0.5, 0.6) is 0 Å². The van der Waals surface area contributed by atoms with Gasteiger partial charge in [0.15, 0.2) is 0 Å². The van der Waals surface area contributed by atoms with Gasteiger partial charge in [-0.25, -0.2) is 0 Å². The Labute approximate surface area is 107 Å². The van der Waals surface area contributed by atoms with Crippen LogP contribution < -0.4 is 0 Å². The summed E-state index contributed by atoms with van der Waals surface area (Å²) >= 11 is 0. The molecule has 98 valence electrons. The highest BCUT2D eigenvalue weighted by Gasteiger charge is 2.53. The molecule has 0 aromatic heterocycles. The second-order valence-corrected chi connectivity index (χ2v) is 6.88. The summed E-state index contributed by atoms with van der Waals surface area (Å²) in [5, 5.41) is 0. The van der Waals surface area contributed by atoms with Crippen molar-refractivity contribution in [2.75, 3.05) is 0 Å². The first kappa shape index (κ1) is 13.4. The van der Waals surface area contributed by atoms with E-state index in [1.54, 1.807) is 0 Å². The van der Waals surface area contributed by atoms with Gasteiger partial charge in [-0.05, 0) is 39.4 Å². The summed E-state index contributed by atoms with van der Waals surface area (Å²) in [5.41, 5.74) is -0.360. The van der Waals surface area contributed by atoms with Crippen molar-refractivity contribution >= 4 is 7.12 Å². The third-order valence-electron chi connectivity index (χ3n) is 5.09. The summed E-state index contributed by atoms with van der Waals surface area (Å²) in [4.78, 5) is 0. The SMILES string of the molecule is C[C@@H](B1OC(C)(C)C(C)(C)O1)C1CCCCC1. The van der Waals surface area contributed by atoms with E-state index in [4.69, 9.17) is 9.31 Å². The maximum absolute atomic E-state index is 6.16. The van der Waals surface area contributed by atoms with Gasteiger partial charge in [0.05, 0.1) is 11.2 Å². The van der Waals surface area contributed by atoms with Crippen LogP contribution in [-0.4, -0.2) is 18.3 Å². The Morgan fingerprint density at radius 1 is 0.941 bits per heavy atom. The molecule has 1 aliphatic carbocycles. The molecule has 2 nitrogen and oxygen atoms in total. The molecule has 1 aliphatic heterocycles. The highest BCUT2D eigenvalue weighted by molar-refractivity contribution is 6.47. The van der Waals surface area contributed by atoms with Crippen molar-refractivity contribution in [3.63, 3.8) is 0 Å². The maximum atomic E-state index is 6.16. The molecule has 3 heteroatoms. The molecule has 0 N–H and O–H groups in total. The Morgan fingerprint density at radius 3 is 1.88 bits per heavy atom. The van der Waals surface area contributed by atoms with Crippen molar-refractivity contribution in [2.24, 2.45) is 5.92 Å². The molecule has 0 radical (unpaired) electrons. The number of rotatable bonds is 2. The van der Waals surface area contributed by atoms with Crippen molar-refractivity contribution in [3.05, 3.63) is 0 Å². The zero-order valence-corrected chi connectivity index (χ0v) is 12.1. The van der Waals surface area contributed by atoms with Crippen LogP contribution in [0.4, 0.5) is 0 Å². The fraction of sp³-hybridized carbons (Fsp3) is 1.00. The Bertz CT molecular complexity index is 253. The first-order valence-electron chi connectivity index (χ1n) is 7.19. The Morgan fingerprint density at radius 2 is 1.41 bits per heavy atom. The zero-order chi connectivity index (χ0) is 12.7. The first-order valence-corrected chi connectivity index (χ1v) is 7.19. The van der Waals surface area contributed by atoms with Crippen LogP contribution in [0, 0.1) is 5.92 Å². The molecule has 0 unspecified atom stereocenters. The van der Waals surface area contributed by atoms with Crippen LogP contribution in [0.25, 0.3) is 0 Å². The quantitative estimate of drug-likeness (QED) is 0.675. The van der Waals surface area contributed by atoms with Gasteiger partial charge in [-0.2, -0.15) is 0 Å². The molecular weight excluding hydrogens is 211 g/mol. The largest absolute Gasteiger partial charge is 0.461 e. The normalized spacial score (nSPS) is 30.5. The summed E-state index contributed by atoms with van der Waals surface area (Å²) < 4.78 is 12.3. The molecule has 1 heterocycles. The molecule has 2 fully saturated rings. The zero-order valence-electron chi connectivity index (χ0n) is 12.1. The lowest BCUT2D eigenvalue weighted by Gasteiger charge is -2.32. The van der Waals surface area contributed by atoms with Gasteiger partial charge in [-0.3, -0.25) is 0 Å². The minimum Gasteiger partial charge on any atom is -0.403 e. The molecule has 0 amide bonds. The Balaban J connectivity index is 1.99. The van der Waals surface area contributed by atoms with E-state index >= 15 is 0 Å². The second-order valence-electron chi connectivity index (χ2n) is 6.88. The van der Waals surface area contributed by atoms with Gasteiger partial charge in [0.2, 0.25) is 0 Å². The molecule has 0 aromatic carbocycles. The van der Waals surface area contributed by atoms with Gasteiger partial charge in [0.1, 0.15) is 0 Å². The smallest absolute Gasteiger partial charge is 0.403 e. The van der Waals surface area contributed by atoms with Gasteiger partial charge in [-0.1, -0.05) is 39.0 Å². The third-order valence-corrected chi connectivity index (χ3v) is 5.09. The molecule has 1 saturated heterocycles. The van der Waals surface area contributed by atoms with Gasteiger partial charge >= 0.3 is 7.12 Å². The van der Waals surface area contributed by atoms with E-state index in [-0.39, 0.29) is 18.3 Å². The van der Waals surface area contributed by atoms with Crippen LogP contribution in [0.2, 0.25) is 5.82 Å². The van der Waals surface area contributed by atoms with E-state index in [0.29, 0.717) is 5.82 Å². The van der Waals surface area contributed by atoms with E-state index in [0.717, 1.165) is 5.92 Å². The van der Waals surface area contributed by atoms with Crippen molar-refractivity contribution in [3.8, 4) is 0 Å². The fourth-order valence-electron chi connectivity index (χ4n) is 2.99. The molecule has 0 bridgehead atoms. The van der Waals surface area contributed by atoms with Gasteiger partial charge in [-0.15, -0.1) is 0 Å². The van der Waals surface area contributed by atoms with Crippen LogP contribution in [0.3, 0.4) is 0 Å². The monoisotopic (exact) mass is 238 g/mol. The molecule has 0 spiro atoms. The van der Waals surface area contributed by atoms with Crippen molar-refractivity contribution < 1.29 is 9.31 Å². The average Bonchev–Trinajstić information content (AvgIpc) is 2.48. The lowest BCUT2D eigenvalue weighted by Crippen LogP contribution is -2.41. The van der Waals surface area contributed by atoms with Gasteiger partial charge in [0, 0.05) is 0 Å². The molecule has 0 aromatic rings. The topological polar surface area (TPSA) is 18.5 Å². The molecule has 2 rings (SSSR count). The Hall–Kier alpha value is -0.0151. The highest BCUT2D eigenvalue weighted by Crippen LogP contribution is 2.44. The van der Waals surface area contributed by atoms with Gasteiger partial charge in [0.25, 0.3) is 0 Å². The molecule has 17 heavy (non-hydrogen) atoms. The highest BCUT2D eigenvalue weighted by atomic mass is 16.7.